The minimum atomic E-state index is -0.219. The molecule has 14 heavy (non-hydrogen) atoms. The topological polar surface area (TPSA) is 20.2 Å². The molecule has 1 aromatic rings. The number of aliphatic hydroxyl groups excluding tert-OH is 1. The molecule has 1 nitrogen and oxygen atoms in total. The Hall–Kier alpha value is -0.820. The van der Waals surface area contributed by atoms with Crippen LogP contribution in [0.1, 0.15) is 36.5 Å². The van der Waals surface area contributed by atoms with Crippen molar-refractivity contribution in [1.82, 2.24) is 0 Å². The highest BCUT2D eigenvalue weighted by atomic mass is 16.3. The number of hydrogen-bond donors (Lipinski definition) is 1. The number of aryl methyl sites for hydroxylation is 1. The van der Waals surface area contributed by atoms with E-state index in [2.05, 4.69) is 18.2 Å². The van der Waals surface area contributed by atoms with E-state index in [1.807, 2.05) is 6.92 Å². The Balaban J connectivity index is 2.30. The van der Waals surface area contributed by atoms with Gasteiger partial charge in [0, 0.05) is 0 Å². The predicted octanol–water partition coefficient (Wildman–Crippen LogP) is 2.49. The standard InChI is InChI=1S/C13H18O/c1-10(14)9-12-7-4-6-11-5-2-3-8-13(11)12/h4,6-7,10,14H,2-3,5,8-9H2,1H3/t10-/m1/s1. The van der Waals surface area contributed by atoms with Gasteiger partial charge in [0.1, 0.15) is 0 Å². The smallest absolute Gasteiger partial charge is 0.0552 e. The lowest BCUT2D eigenvalue weighted by atomic mass is 9.87. The molecule has 1 aliphatic carbocycles. The SMILES string of the molecule is C[C@@H](O)Cc1cccc2c1CCCC2. The van der Waals surface area contributed by atoms with Crippen LogP contribution in [0, 0.1) is 0 Å². The molecule has 1 N–H and O–H groups in total. The molecule has 1 aliphatic rings. The van der Waals surface area contributed by atoms with Crippen molar-refractivity contribution in [2.75, 3.05) is 0 Å². The Morgan fingerprint density at radius 3 is 2.86 bits per heavy atom. The monoisotopic (exact) mass is 190 g/mol. The summed E-state index contributed by atoms with van der Waals surface area (Å²) in [6, 6.07) is 6.53. The minimum absolute atomic E-state index is 0.219. The first-order valence-electron chi connectivity index (χ1n) is 5.55. The van der Waals surface area contributed by atoms with Gasteiger partial charge in [-0.3, -0.25) is 0 Å². The molecular formula is C13H18O. The summed E-state index contributed by atoms with van der Waals surface area (Å²) < 4.78 is 0. The zero-order valence-electron chi connectivity index (χ0n) is 8.79. The molecule has 0 amide bonds. The molecular weight excluding hydrogens is 172 g/mol. The quantitative estimate of drug-likeness (QED) is 0.759. The molecule has 0 radical (unpaired) electrons. The normalized spacial score (nSPS) is 17.6. The van der Waals surface area contributed by atoms with E-state index in [0.717, 1.165) is 6.42 Å². The van der Waals surface area contributed by atoms with Gasteiger partial charge < -0.3 is 5.11 Å². The third-order valence-corrected chi connectivity index (χ3v) is 3.01. The lowest BCUT2D eigenvalue weighted by molar-refractivity contribution is 0.195. The molecule has 1 heteroatoms. The van der Waals surface area contributed by atoms with Crippen LogP contribution in [-0.4, -0.2) is 11.2 Å². The molecule has 0 fully saturated rings. The van der Waals surface area contributed by atoms with Crippen molar-refractivity contribution in [1.29, 1.82) is 0 Å². The van der Waals surface area contributed by atoms with Crippen LogP contribution in [0.2, 0.25) is 0 Å². The molecule has 1 aromatic carbocycles. The van der Waals surface area contributed by atoms with Crippen LogP contribution in [0.25, 0.3) is 0 Å². The second kappa shape index (κ2) is 4.14. The van der Waals surface area contributed by atoms with E-state index < -0.39 is 0 Å². The Labute approximate surface area is 85.8 Å². The second-order valence-corrected chi connectivity index (χ2v) is 4.32. The molecule has 2 rings (SSSR count). The van der Waals surface area contributed by atoms with Crippen LogP contribution in [0.3, 0.4) is 0 Å². The first kappa shape index (κ1) is 9.72. The van der Waals surface area contributed by atoms with Gasteiger partial charge >= 0.3 is 0 Å². The Bertz CT molecular complexity index is 315. The summed E-state index contributed by atoms with van der Waals surface area (Å²) in [5.41, 5.74) is 4.38. The van der Waals surface area contributed by atoms with E-state index in [9.17, 15) is 5.11 Å². The molecule has 1 atom stereocenters. The maximum absolute atomic E-state index is 9.41. The van der Waals surface area contributed by atoms with Gasteiger partial charge in [0.15, 0.2) is 0 Å². The van der Waals surface area contributed by atoms with Crippen molar-refractivity contribution in [3.8, 4) is 0 Å². The summed E-state index contributed by atoms with van der Waals surface area (Å²) in [5, 5.41) is 9.41. The number of aliphatic hydroxyl groups is 1. The van der Waals surface area contributed by atoms with Gasteiger partial charge in [0.05, 0.1) is 6.10 Å². The van der Waals surface area contributed by atoms with Crippen molar-refractivity contribution >= 4 is 0 Å². The van der Waals surface area contributed by atoms with E-state index >= 15 is 0 Å². The molecule has 0 spiro atoms. The van der Waals surface area contributed by atoms with Gasteiger partial charge in [-0.2, -0.15) is 0 Å². The summed E-state index contributed by atoms with van der Waals surface area (Å²) >= 11 is 0. The average Bonchev–Trinajstić information content (AvgIpc) is 2.18. The lowest BCUT2D eigenvalue weighted by Crippen LogP contribution is -2.11. The zero-order chi connectivity index (χ0) is 9.97. The molecule has 0 heterocycles. The van der Waals surface area contributed by atoms with Gasteiger partial charge in [-0.25, -0.2) is 0 Å². The van der Waals surface area contributed by atoms with Crippen LogP contribution < -0.4 is 0 Å². The highest BCUT2D eigenvalue weighted by Crippen LogP contribution is 2.25. The van der Waals surface area contributed by atoms with Crippen molar-refractivity contribution in [3.05, 3.63) is 34.9 Å². The van der Waals surface area contributed by atoms with Crippen molar-refractivity contribution in [2.45, 2.75) is 45.1 Å². The van der Waals surface area contributed by atoms with Gasteiger partial charge in [0.25, 0.3) is 0 Å². The number of hydrogen-bond acceptors (Lipinski definition) is 1. The highest BCUT2D eigenvalue weighted by molar-refractivity contribution is 5.37. The van der Waals surface area contributed by atoms with Gasteiger partial charge in [-0.15, -0.1) is 0 Å². The molecule has 0 saturated heterocycles. The fraction of sp³-hybridized carbons (Fsp3) is 0.538. The Kier molecular flexibility index (Phi) is 2.87. The van der Waals surface area contributed by atoms with E-state index in [1.54, 1.807) is 0 Å². The van der Waals surface area contributed by atoms with E-state index in [-0.39, 0.29) is 6.10 Å². The van der Waals surface area contributed by atoms with E-state index in [0.29, 0.717) is 0 Å². The van der Waals surface area contributed by atoms with E-state index in [4.69, 9.17) is 0 Å². The number of benzene rings is 1. The van der Waals surface area contributed by atoms with Crippen molar-refractivity contribution < 1.29 is 5.11 Å². The highest BCUT2D eigenvalue weighted by Gasteiger charge is 2.13. The second-order valence-electron chi connectivity index (χ2n) is 4.32. The number of fused-ring (bicyclic) bond motifs is 1. The third-order valence-electron chi connectivity index (χ3n) is 3.01. The molecule has 0 aliphatic heterocycles. The number of rotatable bonds is 2. The molecule has 0 unspecified atom stereocenters. The van der Waals surface area contributed by atoms with Crippen LogP contribution in [0.4, 0.5) is 0 Å². The molecule has 76 valence electrons. The largest absolute Gasteiger partial charge is 0.393 e. The van der Waals surface area contributed by atoms with Crippen LogP contribution in [0.5, 0.6) is 0 Å². The Morgan fingerprint density at radius 1 is 1.29 bits per heavy atom. The first-order chi connectivity index (χ1) is 6.77. The van der Waals surface area contributed by atoms with Gasteiger partial charge in [-0.05, 0) is 55.7 Å². The fourth-order valence-corrected chi connectivity index (χ4v) is 2.37. The Morgan fingerprint density at radius 2 is 2.07 bits per heavy atom. The summed E-state index contributed by atoms with van der Waals surface area (Å²) in [4.78, 5) is 0. The van der Waals surface area contributed by atoms with Crippen LogP contribution in [0.15, 0.2) is 18.2 Å². The molecule has 0 bridgehead atoms. The average molecular weight is 190 g/mol. The van der Waals surface area contributed by atoms with E-state index in [1.165, 1.54) is 42.4 Å². The predicted molar refractivity (Wildman–Crippen MR) is 58.5 cm³/mol. The third kappa shape index (κ3) is 1.98. The summed E-state index contributed by atoms with van der Waals surface area (Å²) in [5.74, 6) is 0. The first-order valence-corrected chi connectivity index (χ1v) is 5.55. The van der Waals surface area contributed by atoms with Crippen LogP contribution in [-0.2, 0) is 19.3 Å². The summed E-state index contributed by atoms with van der Waals surface area (Å²) in [6.45, 7) is 1.86. The van der Waals surface area contributed by atoms with Crippen molar-refractivity contribution in [2.24, 2.45) is 0 Å². The molecule has 0 aromatic heterocycles. The van der Waals surface area contributed by atoms with Gasteiger partial charge in [0.2, 0.25) is 0 Å². The molecule has 0 saturated carbocycles. The summed E-state index contributed by atoms with van der Waals surface area (Å²) in [6.07, 6.45) is 5.66. The van der Waals surface area contributed by atoms with Crippen molar-refractivity contribution in [3.63, 3.8) is 0 Å². The zero-order valence-corrected chi connectivity index (χ0v) is 8.79. The summed E-state index contributed by atoms with van der Waals surface area (Å²) in [7, 11) is 0. The fourth-order valence-electron chi connectivity index (χ4n) is 2.37. The lowest BCUT2D eigenvalue weighted by Gasteiger charge is -2.19. The van der Waals surface area contributed by atoms with Gasteiger partial charge in [-0.1, -0.05) is 18.2 Å². The minimum Gasteiger partial charge on any atom is -0.393 e. The maximum Gasteiger partial charge on any atom is 0.0552 e. The van der Waals surface area contributed by atoms with Crippen LogP contribution >= 0.6 is 0 Å². The maximum atomic E-state index is 9.41.